The van der Waals surface area contributed by atoms with Gasteiger partial charge in [-0.05, 0) is 38.5 Å². The fourth-order valence-electron chi connectivity index (χ4n) is 1.17. The molecule has 0 saturated carbocycles. The smallest absolute Gasteiger partial charge is 0.0855 e. The van der Waals surface area contributed by atoms with Crippen LogP contribution < -0.4 is 0 Å². The van der Waals surface area contributed by atoms with Gasteiger partial charge in [-0.3, -0.25) is 0 Å². The first-order valence-corrected chi connectivity index (χ1v) is 4.76. The molecule has 1 aromatic rings. The molecule has 0 unspecified atom stereocenters. The molecular weight excluding hydrogens is 207 g/mol. The molecule has 0 saturated heterocycles. The maximum atomic E-state index is 9.78. The highest BCUT2D eigenvalue weighted by molar-refractivity contribution is 6.34. The number of hydrogen-bond acceptors (Lipinski definition) is 1. The van der Waals surface area contributed by atoms with Gasteiger partial charge in [0, 0.05) is 15.6 Å². The summed E-state index contributed by atoms with van der Waals surface area (Å²) in [7, 11) is 0. The zero-order valence-electron chi connectivity index (χ0n) is 7.86. The van der Waals surface area contributed by atoms with E-state index >= 15 is 0 Å². The summed E-state index contributed by atoms with van der Waals surface area (Å²) in [5.74, 6) is 0. The monoisotopic (exact) mass is 218 g/mol. The van der Waals surface area contributed by atoms with Crippen molar-refractivity contribution in [2.75, 3.05) is 0 Å². The largest absolute Gasteiger partial charge is 0.386 e. The van der Waals surface area contributed by atoms with Gasteiger partial charge in [0.1, 0.15) is 0 Å². The van der Waals surface area contributed by atoms with Gasteiger partial charge in [-0.1, -0.05) is 23.2 Å². The van der Waals surface area contributed by atoms with Crippen LogP contribution in [-0.4, -0.2) is 5.11 Å². The van der Waals surface area contributed by atoms with Crippen molar-refractivity contribution in [3.63, 3.8) is 0 Å². The van der Waals surface area contributed by atoms with Crippen LogP contribution in [0.5, 0.6) is 0 Å². The summed E-state index contributed by atoms with van der Waals surface area (Å²) >= 11 is 11.9. The molecule has 0 aliphatic carbocycles. The van der Waals surface area contributed by atoms with E-state index in [1.807, 2.05) is 6.92 Å². The van der Waals surface area contributed by atoms with E-state index in [9.17, 15) is 5.11 Å². The minimum Gasteiger partial charge on any atom is -0.386 e. The Morgan fingerprint density at radius 2 is 1.77 bits per heavy atom. The number of rotatable bonds is 1. The molecule has 0 aromatic heterocycles. The van der Waals surface area contributed by atoms with Crippen LogP contribution in [0.15, 0.2) is 12.1 Å². The molecule has 0 atom stereocenters. The SMILES string of the molecule is Cc1cc(Cl)cc(C(C)(C)O)c1Cl. The Kier molecular flexibility index (Phi) is 2.91. The summed E-state index contributed by atoms with van der Waals surface area (Å²) in [4.78, 5) is 0. The van der Waals surface area contributed by atoms with Gasteiger partial charge in [-0.25, -0.2) is 0 Å². The van der Waals surface area contributed by atoms with Crippen molar-refractivity contribution in [3.8, 4) is 0 Å². The Balaban J connectivity index is 3.37. The van der Waals surface area contributed by atoms with E-state index in [-0.39, 0.29) is 0 Å². The number of aliphatic hydroxyl groups is 1. The minimum atomic E-state index is -0.952. The van der Waals surface area contributed by atoms with Gasteiger partial charge in [0.15, 0.2) is 0 Å². The summed E-state index contributed by atoms with van der Waals surface area (Å²) in [6, 6.07) is 3.47. The lowest BCUT2D eigenvalue weighted by Crippen LogP contribution is -2.16. The highest BCUT2D eigenvalue weighted by Gasteiger charge is 2.20. The molecule has 1 N–H and O–H groups in total. The van der Waals surface area contributed by atoms with E-state index < -0.39 is 5.60 Å². The normalized spacial score (nSPS) is 11.8. The molecule has 0 aliphatic heterocycles. The molecule has 1 rings (SSSR count). The Morgan fingerprint density at radius 1 is 1.23 bits per heavy atom. The van der Waals surface area contributed by atoms with Crippen molar-refractivity contribution in [2.45, 2.75) is 26.4 Å². The van der Waals surface area contributed by atoms with Crippen LogP contribution in [0.3, 0.4) is 0 Å². The van der Waals surface area contributed by atoms with E-state index in [1.165, 1.54) is 0 Å². The molecule has 0 aliphatic rings. The van der Waals surface area contributed by atoms with Crippen molar-refractivity contribution < 1.29 is 5.11 Å². The average molecular weight is 219 g/mol. The van der Waals surface area contributed by atoms with Crippen LogP contribution in [0.4, 0.5) is 0 Å². The van der Waals surface area contributed by atoms with Crippen LogP contribution in [0, 0.1) is 6.92 Å². The lowest BCUT2D eigenvalue weighted by atomic mass is 9.97. The third-order valence-electron chi connectivity index (χ3n) is 1.88. The molecule has 72 valence electrons. The summed E-state index contributed by atoms with van der Waals surface area (Å²) in [6.07, 6.45) is 0. The molecule has 0 spiro atoms. The highest BCUT2D eigenvalue weighted by Crippen LogP contribution is 2.32. The average Bonchev–Trinajstić information content (AvgIpc) is 1.94. The van der Waals surface area contributed by atoms with E-state index in [2.05, 4.69) is 0 Å². The topological polar surface area (TPSA) is 20.2 Å². The Morgan fingerprint density at radius 3 is 2.23 bits per heavy atom. The van der Waals surface area contributed by atoms with Crippen LogP contribution in [0.1, 0.15) is 25.0 Å². The lowest BCUT2D eigenvalue weighted by molar-refractivity contribution is 0.0786. The van der Waals surface area contributed by atoms with E-state index in [4.69, 9.17) is 23.2 Å². The molecular formula is C10H12Cl2O. The molecule has 0 amide bonds. The molecule has 0 bridgehead atoms. The Labute approximate surface area is 88.3 Å². The van der Waals surface area contributed by atoms with Gasteiger partial charge in [-0.15, -0.1) is 0 Å². The third-order valence-corrected chi connectivity index (χ3v) is 2.60. The number of benzene rings is 1. The molecule has 0 fully saturated rings. The van der Waals surface area contributed by atoms with Crippen molar-refractivity contribution >= 4 is 23.2 Å². The van der Waals surface area contributed by atoms with Crippen LogP contribution >= 0.6 is 23.2 Å². The van der Waals surface area contributed by atoms with Gasteiger partial charge >= 0.3 is 0 Å². The molecule has 0 heterocycles. The predicted octanol–water partition coefficient (Wildman–Crippen LogP) is 3.53. The summed E-state index contributed by atoms with van der Waals surface area (Å²) in [5, 5.41) is 11.0. The first kappa shape index (κ1) is 10.8. The quantitative estimate of drug-likeness (QED) is 0.765. The second kappa shape index (κ2) is 3.49. The Hall–Kier alpha value is -0.240. The second-order valence-corrected chi connectivity index (χ2v) is 4.46. The number of aryl methyl sites for hydroxylation is 1. The van der Waals surface area contributed by atoms with E-state index in [0.29, 0.717) is 15.6 Å². The number of halogens is 2. The first-order valence-electron chi connectivity index (χ1n) is 4.01. The van der Waals surface area contributed by atoms with E-state index in [1.54, 1.807) is 26.0 Å². The lowest BCUT2D eigenvalue weighted by Gasteiger charge is -2.20. The van der Waals surface area contributed by atoms with Crippen LogP contribution in [-0.2, 0) is 5.60 Å². The van der Waals surface area contributed by atoms with Gasteiger partial charge < -0.3 is 5.11 Å². The summed E-state index contributed by atoms with van der Waals surface area (Å²) < 4.78 is 0. The third kappa shape index (κ3) is 2.37. The maximum absolute atomic E-state index is 9.78. The zero-order valence-corrected chi connectivity index (χ0v) is 9.37. The van der Waals surface area contributed by atoms with Crippen molar-refractivity contribution in [1.29, 1.82) is 0 Å². The Bertz CT molecular complexity index is 326. The van der Waals surface area contributed by atoms with Crippen molar-refractivity contribution in [3.05, 3.63) is 33.3 Å². The van der Waals surface area contributed by atoms with Gasteiger partial charge in [-0.2, -0.15) is 0 Å². The fraction of sp³-hybridized carbons (Fsp3) is 0.400. The zero-order chi connectivity index (χ0) is 10.2. The predicted molar refractivity (Wildman–Crippen MR) is 56.4 cm³/mol. The highest BCUT2D eigenvalue weighted by atomic mass is 35.5. The molecule has 1 nitrogen and oxygen atoms in total. The van der Waals surface area contributed by atoms with Crippen molar-refractivity contribution in [2.24, 2.45) is 0 Å². The fourth-order valence-corrected chi connectivity index (χ4v) is 1.78. The van der Waals surface area contributed by atoms with E-state index in [0.717, 1.165) is 5.56 Å². The minimum absolute atomic E-state index is 0.580. The van der Waals surface area contributed by atoms with Gasteiger partial charge in [0.05, 0.1) is 5.60 Å². The van der Waals surface area contributed by atoms with Crippen LogP contribution in [0.2, 0.25) is 10.0 Å². The first-order chi connectivity index (χ1) is 5.82. The molecule has 0 radical (unpaired) electrons. The second-order valence-electron chi connectivity index (χ2n) is 3.64. The van der Waals surface area contributed by atoms with Gasteiger partial charge in [0.25, 0.3) is 0 Å². The van der Waals surface area contributed by atoms with Crippen LogP contribution in [0.25, 0.3) is 0 Å². The summed E-state index contributed by atoms with van der Waals surface area (Å²) in [5.41, 5.74) is 0.595. The number of hydrogen-bond donors (Lipinski definition) is 1. The van der Waals surface area contributed by atoms with Gasteiger partial charge in [0.2, 0.25) is 0 Å². The molecule has 13 heavy (non-hydrogen) atoms. The van der Waals surface area contributed by atoms with Crippen molar-refractivity contribution in [1.82, 2.24) is 0 Å². The molecule has 1 aromatic carbocycles. The summed E-state index contributed by atoms with van der Waals surface area (Å²) in [6.45, 7) is 5.23. The maximum Gasteiger partial charge on any atom is 0.0855 e. The molecule has 3 heteroatoms. The standard InChI is InChI=1S/C10H12Cl2O/c1-6-4-7(11)5-8(9(6)12)10(2,3)13/h4-5,13H,1-3H3.